The summed E-state index contributed by atoms with van der Waals surface area (Å²) in [4.78, 5) is 24.0. The van der Waals surface area contributed by atoms with Crippen molar-refractivity contribution in [2.24, 2.45) is 5.10 Å². The Kier molecular flexibility index (Phi) is 8.01. The number of ether oxygens (including phenoxy) is 2. The summed E-state index contributed by atoms with van der Waals surface area (Å²) in [6, 6.07) is 12.6. The van der Waals surface area contributed by atoms with Crippen molar-refractivity contribution in [2.45, 2.75) is 20.3 Å². The van der Waals surface area contributed by atoms with E-state index in [1.54, 1.807) is 31.2 Å². The SMILES string of the molecule is COc1ccccc1NC(=O)CC(C)=NNC(=O)COc1ccc(Br)c(C)c1. The van der Waals surface area contributed by atoms with Crippen molar-refractivity contribution in [2.75, 3.05) is 19.0 Å². The second-order valence-corrected chi connectivity index (χ2v) is 6.86. The minimum atomic E-state index is -0.412. The first kappa shape index (κ1) is 21.4. The van der Waals surface area contributed by atoms with E-state index in [2.05, 4.69) is 31.8 Å². The van der Waals surface area contributed by atoms with Crippen molar-refractivity contribution < 1.29 is 19.1 Å². The van der Waals surface area contributed by atoms with E-state index in [1.807, 2.05) is 25.1 Å². The van der Waals surface area contributed by atoms with Crippen LogP contribution in [0.25, 0.3) is 0 Å². The van der Waals surface area contributed by atoms with Gasteiger partial charge in [0, 0.05) is 10.2 Å². The van der Waals surface area contributed by atoms with Gasteiger partial charge in [0.15, 0.2) is 6.61 Å². The molecule has 0 aliphatic heterocycles. The predicted octanol–water partition coefficient (Wildman–Crippen LogP) is 3.67. The summed E-state index contributed by atoms with van der Waals surface area (Å²) in [6.45, 7) is 3.41. The van der Waals surface area contributed by atoms with Crippen molar-refractivity contribution in [1.29, 1.82) is 0 Å². The summed E-state index contributed by atoms with van der Waals surface area (Å²) in [5, 5.41) is 6.68. The molecule has 28 heavy (non-hydrogen) atoms. The van der Waals surface area contributed by atoms with E-state index in [-0.39, 0.29) is 18.9 Å². The zero-order valence-corrected chi connectivity index (χ0v) is 17.5. The number of carbonyl (C=O) groups is 2. The molecule has 7 nitrogen and oxygen atoms in total. The Bertz CT molecular complexity index is 884. The molecule has 148 valence electrons. The summed E-state index contributed by atoms with van der Waals surface area (Å²) in [7, 11) is 1.53. The molecule has 0 aliphatic rings. The van der Waals surface area contributed by atoms with E-state index in [0.717, 1.165) is 10.0 Å². The zero-order chi connectivity index (χ0) is 20.5. The van der Waals surface area contributed by atoms with E-state index in [9.17, 15) is 9.59 Å². The third kappa shape index (κ3) is 6.70. The number of hydrogen-bond acceptors (Lipinski definition) is 5. The monoisotopic (exact) mass is 447 g/mol. The summed E-state index contributed by atoms with van der Waals surface area (Å²) in [6.07, 6.45) is 0.0328. The highest BCUT2D eigenvalue weighted by atomic mass is 79.9. The van der Waals surface area contributed by atoms with Gasteiger partial charge in [-0.3, -0.25) is 9.59 Å². The number of rotatable bonds is 8. The Labute approximate surface area is 172 Å². The van der Waals surface area contributed by atoms with Crippen molar-refractivity contribution in [3.05, 3.63) is 52.5 Å². The minimum absolute atomic E-state index is 0.0328. The average molecular weight is 448 g/mol. The highest BCUT2D eigenvalue weighted by Crippen LogP contribution is 2.23. The van der Waals surface area contributed by atoms with Crippen LogP contribution in [0.15, 0.2) is 52.0 Å². The highest BCUT2D eigenvalue weighted by molar-refractivity contribution is 9.10. The molecule has 0 bridgehead atoms. The van der Waals surface area contributed by atoms with E-state index in [0.29, 0.717) is 22.9 Å². The summed E-state index contributed by atoms with van der Waals surface area (Å²) >= 11 is 3.41. The summed E-state index contributed by atoms with van der Waals surface area (Å²) in [5.41, 5.74) is 4.42. The van der Waals surface area contributed by atoms with Crippen LogP contribution in [0.5, 0.6) is 11.5 Å². The van der Waals surface area contributed by atoms with Crippen LogP contribution in [0, 0.1) is 6.92 Å². The largest absolute Gasteiger partial charge is 0.495 e. The predicted molar refractivity (Wildman–Crippen MR) is 112 cm³/mol. The molecule has 0 fully saturated rings. The van der Waals surface area contributed by atoms with Gasteiger partial charge in [-0.15, -0.1) is 0 Å². The van der Waals surface area contributed by atoms with E-state index >= 15 is 0 Å². The maximum Gasteiger partial charge on any atom is 0.277 e. The minimum Gasteiger partial charge on any atom is -0.495 e. The van der Waals surface area contributed by atoms with Gasteiger partial charge in [0.25, 0.3) is 5.91 Å². The van der Waals surface area contributed by atoms with Gasteiger partial charge in [-0.1, -0.05) is 28.1 Å². The van der Waals surface area contributed by atoms with Crippen LogP contribution in [0.2, 0.25) is 0 Å². The number of carbonyl (C=O) groups excluding carboxylic acids is 2. The molecule has 0 aliphatic carbocycles. The second kappa shape index (κ2) is 10.5. The molecule has 0 atom stereocenters. The summed E-state index contributed by atoms with van der Waals surface area (Å²) in [5.74, 6) is 0.485. The number of benzene rings is 2. The number of nitrogens with one attached hydrogen (secondary N) is 2. The zero-order valence-electron chi connectivity index (χ0n) is 15.9. The molecule has 0 saturated heterocycles. The first-order chi connectivity index (χ1) is 13.4. The molecule has 0 spiro atoms. The molecule has 2 amide bonds. The first-order valence-electron chi connectivity index (χ1n) is 8.53. The molecule has 2 aromatic carbocycles. The number of amides is 2. The Balaban J connectivity index is 1.80. The topological polar surface area (TPSA) is 89.0 Å². The number of aryl methyl sites for hydroxylation is 1. The number of methoxy groups -OCH3 is 1. The van der Waals surface area contributed by atoms with Gasteiger partial charge in [0.05, 0.1) is 19.2 Å². The van der Waals surface area contributed by atoms with Crippen molar-refractivity contribution in [1.82, 2.24) is 5.43 Å². The fourth-order valence-electron chi connectivity index (χ4n) is 2.26. The molecule has 2 rings (SSSR count). The van der Waals surface area contributed by atoms with Gasteiger partial charge >= 0.3 is 0 Å². The molecule has 8 heteroatoms. The van der Waals surface area contributed by atoms with E-state index in [1.165, 1.54) is 7.11 Å². The van der Waals surface area contributed by atoms with Crippen molar-refractivity contribution >= 4 is 39.1 Å². The Morgan fingerprint density at radius 2 is 1.89 bits per heavy atom. The first-order valence-corrected chi connectivity index (χ1v) is 9.32. The number of hydrazone groups is 1. The molecule has 2 N–H and O–H groups in total. The Morgan fingerprint density at radius 3 is 2.61 bits per heavy atom. The molecule has 0 unspecified atom stereocenters. The fourth-order valence-corrected chi connectivity index (χ4v) is 2.51. The van der Waals surface area contributed by atoms with Crippen LogP contribution >= 0.6 is 15.9 Å². The molecular weight excluding hydrogens is 426 g/mol. The van der Waals surface area contributed by atoms with E-state index in [4.69, 9.17) is 9.47 Å². The van der Waals surface area contributed by atoms with Crippen LogP contribution in [0.4, 0.5) is 5.69 Å². The third-order valence-electron chi connectivity index (χ3n) is 3.67. The smallest absolute Gasteiger partial charge is 0.277 e. The molecule has 0 saturated carbocycles. The Hall–Kier alpha value is -2.87. The van der Waals surface area contributed by atoms with Gasteiger partial charge in [0.2, 0.25) is 5.91 Å². The molecule has 2 aromatic rings. The number of anilines is 1. The van der Waals surface area contributed by atoms with Crippen molar-refractivity contribution in [3.8, 4) is 11.5 Å². The number of halogens is 1. The van der Waals surface area contributed by atoms with Gasteiger partial charge in [-0.25, -0.2) is 5.43 Å². The maximum atomic E-state index is 12.1. The lowest BCUT2D eigenvalue weighted by Crippen LogP contribution is -2.26. The van der Waals surface area contributed by atoms with Gasteiger partial charge < -0.3 is 14.8 Å². The lowest BCUT2D eigenvalue weighted by molar-refractivity contribution is -0.123. The van der Waals surface area contributed by atoms with Gasteiger partial charge in [-0.05, 0) is 49.7 Å². The fraction of sp³-hybridized carbons (Fsp3) is 0.250. The molecule has 0 heterocycles. The normalized spacial score (nSPS) is 10.9. The van der Waals surface area contributed by atoms with Crippen molar-refractivity contribution in [3.63, 3.8) is 0 Å². The average Bonchev–Trinajstić information content (AvgIpc) is 2.67. The number of hydrogen-bond donors (Lipinski definition) is 2. The standard InChI is InChI=1S/C20H22BrN3O4/c1-13-10-15(8-9-16(13)21)28-12-20(26)24-23-14(2)11-19(25)22-17-6-4-5-7-18(17)27-3/h4-10H,11-12H2,1-3H3,(H,22,25)(H,24,26). The van der Waals surface area contributed by atoms with Crippen LogP contribution in [0.3, 0.4) is 0 Å². The Morgan fingerprint density at radius 1 is 1.14 bits per heavy atom. The lowest BCUT2D eigenvalue weighted by atomic mass is 10.2. The van der Waals surface area contributed by atoms with Crippen LogP contribution in [-0.2, 0) is 9.59 Å². The van der Waals surface area contributed by atoms with Crippen LogP contribution in [0.1, 0.15) is 18.9 Å². The maximum absolute atomic E-state index is 12.1. The molecule has 0 radical (unpaired) electrons. The van der Waals surface area contributed by atoms with Crippen LogP contribution in [-0.4, -0.2) is 31.2 Å². The van der Waals surface area contributed by atoms with E-state index < -0.39 is 5.91 Å². The summed E-state index contributed by atoms with van der Waals surface area (Å²) < 4.78 is 11.6. The van der Waals surface area contributed by atoms with Gasteiger partial charge in [-0.2, -0.15) is 5.10 Å². The van der Waals surface area contributed by atoms with Gasteiger partial charge in [0.1, 0.15) is 11.5 Å². The number of para-hydroxylation sites is 2. The second-order valence-electron chi connectivity index (χ2n) is 6.01. The van der Waals surface area contributed by atoms with Crippen LogP contribution < -0.4 is 20.2 Å². The highest BCUT2D eigenvalue weighted by Gasteiger charge is 2.09. The molecule has 0 aromatic heterocycles. The molecular formula is C20H22BrN3O4. The quantitative estimate of drug-likeness (QED) is 0.477. The third-order valence-corrected chi connectivity index (χ3v) is 4.56. The number of nitrogens with zero attached hydrogens (tertiary/aromatic N) is 1. The lowest BCUT2D eigenvalue weighted by Gasteiger charge is -2.10.